The van der Waals surface area contributed by atoms with E-state index in [0.717, 1.165) is 32.7 Å². The highest BCUT2D eigenvalue weighted by molar-refractivity contribution is 5.79. The number of hydrogen-bond donors (Lipinski definition) is 1. The van der Waals surface area contributed by atoms with E-state index in [9.17, 15) is 4.79 Å². The highest BCUT2D eigenvalue weighted by Gasteiger charge is 2.36. The fourth-order valence-corrected chi connectivity index (χ4v) is 3.51. The number of piperidine rings is 1. The molecule has 0 saturated carbocycles. The Morgan fingerprint density at radius 3 is 2.78 bits per heavy atom. The maximum atomic E-state index is 12.5. The minimum atomic E-state index is 0.210. The zero-order valence-corrected chi connectivity index (χ0v) is 11.4. The van der Waals surface area contributed by atoms with Crippen molar-refractivity contribution in [3.63, 3.8) is 0 Å². The topological polar surface area (TPSA) is 35.6 Å². The summed E-state index contributed by atoms with van der Waals surface area (Å²) < 4.78 is 0. The van der Waals surface area contributed by atoms with Gasteiger partial charge in [0.15, 0.2) is 0 Å². The lowest BCUT2D eigenvalue weighted by molar-refractivity contribution is -0.141. The summed E-state index contributed by atoms with van der Waals surface area (Å²) >= 11 is 0. The van der Waals surface area contributed by atoms with Gasteiger partial charge in [0.05, 0.1) is 0 Å². The van der Waals surface area contributed by atoms with Crippen molar-refractivity contribution < 1.29 is 4.79 Å². The van der Waals surface area contributed by atoms with E-state index in [1.807, 2.05) is 0 Å². The number of nitrogens with zero attached hydrogens (tertiary/aromatic N) is 2. The molecule has 0 radical (unpaired) electrons. The number of hydrogen-bond acceptors (Lipinski definition) is 3. The van der Waals surface area contributed by atoms with Crippen molar-refractivity contribution in [3.05, 3.63) is 0 Å². The summed E-state index contributed by atoms with van der Waals surface area (Å²) in [5, 5.41) is 3.27. The smallest absolute Gasteiger partial charge is 0.225 e. The quantitative estimate of drug-likeness (QED) is 0.778. The predicted octanol–water partition coefficient (Wildman–Crippen LogP) is 0.539. The fourth-order valence-electron chi connectivity index (χ4n) is 3.51. The molecule has 0 aromatic carbocycles. The van der Waals surface area contributed by atoms with Gasteiger partial charge in [0.1, 0.15) is 0 Å². The lowest BCUT2D eigenvalue weighted by Gasteiger charge is -2.45. The molecule has 4 nitrogen and oxygen atoms in total. The summed E-state index contributed by atoms with van der Waals surface area (Å²) in [6.45, 7) is 8.41. The van der Waals surface area contributed by atoms with E-state index in [1.54, 1.807) is 0 Å². The van der Waals surface area contributed by atoms with E-state index in [-0.39, 0.29) is 5.92 Å². The summed E-state index contributed by atoms with van der Waals surface area (Å²) in [7, 11) is 0. The third kappa shape index (κ3) is 2.28. The Labute approximate surface area is 110 Å². The molecule has 2 unspecified atom stereocenters. The van der Waals surface area contributed by atoms with E-state index >= 15 is 0 Å². The lowest BCUT2D eigenvalue weighted by Crippen LogP contribution is -2.58. The molecule has 2 atom stereocenters. The average molecular weight is 251 g/mol. The van der Waals surface area contributed by atoms with Crippen LogP contribution in [0.1, 0.15) is 26.2 Å². The van der Waals surface area contributed by atoms with Crippen molar-refractivity contribution in [1.29, 1.82) is 0 Å². The minimum Gasteiger partial charge on any atom is -0.340 e. The van der Waals surface area contributed by atoms with Gasteiger partial charge in [0.2, 0.25) is 5.91 Å². The number of amides is 1. The molecule has 0 aromatic heterocycles. The van der Waals surface area contributed by atoms with Crippen LogP contribution < -0.4 is 5.32 Å². The summed E-state index contributed by atoms with van der Waals surface area (Å²) in [6, 6.07) is 0.642. The normalized spacial score (nSPS) is 31.6. The van der Waals surface area contributed by atoms with Gasteiger partial charge in [-0.05, 0) is 38.4 Å². The molecule has 102 valence electrons. The van der Waals surface area contributed by atoms with Crippen molar-refractivity contribution in [2.24, 2.45) is 11.8 Å². The molecule has 1 N–H and O–H groups in total. The van der Waals surface area contributed by atoms with Crippen molar-refractivity contribution in [2.45, 2.75) is 32.2 Å². The number of carbonyl (C=O) groups is 1. The van der Waals surface area contributed by atoms with E-state index in [2.05, 4.69) is 22.0 Å². The molecule has 0 aliphatic carbocycles. The van der Waals surface area contributed by atoms with Crippen LogP contribution >= 0.6 is 0 Å². The maximum absolute atomic E-state index is 12.5. The molecule has 0 spiro atoms. The highest BCUT2D eigenvalue weighted by Crippen LogP contribution is 2.24. The first-order valence-electron chi connectivity index (χ1n) is 7.49. The SMILES string of the molecule is CC(C(=O)N1CCN2CCCCC2C1)C1CNC1. The van der Waals surface area contributed by atoms with Crippen LogP contribution in [0, 0.1) is 11.8 Å². The highest BCUT2D eigenvalue weighted by atomic mass is 16.2. The first kappa shape index (κ1) is 12.4. The summed E-state index contributed by atoms with van der Waals surface area (Å²) in [5.74, 6) is 1.18. The molecule has 3 saturated heterocycles. The Bertz CT molecular complexity index is 316. The molecular weight excluding hydrogens is 226 g/mol. The number of rotatable bonds is 2. The van der Waals surface area contributed by atoms with Crippen LogP contribution in [0.5, 0.6) is 0 Å². The van der Waals surface area contributed by atoms with Gasteiger partial charge in [0, 0.05) is 31.6 Å². The van der Waals surface area contributed by atoms with Gasteiger partial charge in [-0.25, -0.2) is 0 Å². The van der Waals surface area contributed by atoms with Crippen LogP contribution in [0.2, 0.25) is 0 Å². The molecular formula is C14H25N3O. The Hall–Kier alpha value is -0.610. The van der Waals surface area contributed by atoms with Gasteiger partial charge in [-0.15, -0.1) is 0 Å². The van der Waals surface area contributed by atoms with Crippen LogP contribution in [0.15, 0.2) is 0 Å². The van der Waals surface area contributed by atoms with Crippen molar-refractivity contribution in [1.82, 2.24) is 15.1 Å². The molecule has 0 aromatic rings. The van der Waals surface area contributed by atoms with Crippen molar-refractivity contribution >= 4 is 5.91 Å². The second-order valence-corrected chi connectivity index (χ2v) is 6.18. The van der Waals surface area contributed by atoms with Crippen LogP contribution in [-0.2, 0) is 4.79 Å². The molecule has 3 aliphatic heterocycles. The first-order valence-corrected chi connectivity index (χ1v) is 7.49. The molecule has 1 amide bonds. The molecule has 0 bridgehead atoms. The number of fused-ring (bicyclic) bond motifs is 1. The monoisotopic (exact) mass is 251 g/mol. The maximum Gasteiger partial charge on any atom is 0.225 e. The molecule has 3 heterocycles. The van der Waals surface area contributed by atoms with Gasteiger partial charge >= 0.3 is 0 Å². The van der Waals surface area contributed by atoms with E-state index < -0.39 is 0 Å². The molecule has 4 heteroatoms. The van der Waals surface area contributed by atoms with Crippen molar-refractivity contribution in [3.8, 4) is 0 Å². The third-order valence-electron chi connectivity index (χ3n) is 5.06. The van der Waals surface area contributed by atoms with Gasteiger partial charge in [-0.1, -0.05) is 13.3 Å². The van der Waals surface area contributed by atoms with Gasteiger partial charge in [-0.2, -0.15) is 0 Å². The van der Waals surface area contributed by atoms with Crippen molar-refractivity contribution in [2.75, 3.05) is 39.3 Å². The van der Waals surface area contributed by atoms with Crippen LogP contribution in [0.25, 0.3) is 0 Å². The Morgan fingerprint density at radius 1 is 1.22 bits per heavy atom. The minimum absolute atomic E-state index is 0.210. The fraction of sp³-hybridized carbons (Fsp3) is 0.929. The Balaban J connectivity index is 1.57. The molecule has 3 fully saturated rings. The molecule has 3 aliphatic rings. The second-order valence-electron chi connectivity index (χ2n) is 6.18. The van der Waals surface area contributed by atoms with Crippen LogP contribution in [0.3, 0.4) is 0 Å². The predicted molar refractivity (Wildman–Crippen MR) is 71.3 cm³/mol. The van der Waals surface area contributed by atoms with Crippen LogP contribution in [0.4, 0.5) is 0 Å². The molecule has 18 heavy (non-hydrogen) atoms. The number of nitrogens with one attached hydrogen (secondary N) is 1. The standard InChI is InChI=1S/C14H25N3O/c1-11(12-8-15-9-12)14(18)17-7-6-16-5-3-2-4-13(16)10-17/h11-13,15H,2-10H2,1H3. The summed E-state index contributed by atoms with van der Waals surface area (Å²) in [4.78, 5) is 17.2. The number of piperazine rings is 1. The Morgan fingerprint density at radius 2 is 2.06 bits per heavy atom. The first-order chi connectivity index (χ1) is 8.75. The number of carbonyl (C=O) groups excluding carboxylic acids is 1. The zero-order valence-electron chi connectivity index (χ0n) is 11.4. The van der Waals surface area contributed by atoms with Gasteiger partial charge < -0.3 is 10.2 Å². The lowest BCUT2D eigenvalue weighted by atomic mass is 9.87. The molecule has 3 rings (SSSR count). The largest absolute Gasteiger partial charge is 0.340 e. The summed E-state index contributed by atoms with van der Waals surface area (Å²) in [5.41, 5.74) is 0. The second kappa shape index (κ2) is 5.17. The third-order valence-corrected chi connectivity index (χ3v) is 5.06. The average Bonchev–Trinajstić information content (AvgIpc) is 2.35. The van der Waals surface area contributed by atoms with E-state index in [1.165, 1.54) is 25.8 Å². The summed E-state index contributed by atoms with van der Waals surface area (Å²) in [6.07, 6.45) is 3.96. The Kier molecular flexibility index (Phi) is 3.57. The van der Waals surface area contributed by atoms with Crippen LogP contribution in [-0.4, -0.2) is 61.0 Å². The van der Waals surface area contributed by atoms with E-state index in [4.69, 9.17) is 0 Å². The van der Waals surface area contributed by atoms with Gasteiger partial charge in [0.25, 0.3) is 0 Å². The van der Waals surface area contributed by atoms with E-state index in [0.29, 0.717) is 17.9 Å². The van der Waals surface area contributed by atoms with Gasteiger partial charge in [-0.3, -0.25) is 9.69 Å². The zero-order chi connectivity index (χ0) is 12.5.